The third-order valence-corrected chi connectivity index (χ3v) is 6.45. The van der Waals surface area contributed by atoms with Gasteiger partial charge < -0.3 is 15.4 Å². The van der Waals surface area contributed by atoms with E-state index < -0.39 is 15.9 Å². The Morgan fingerprint density at radius 1 is 1.15 bits per heavy atom. The Labute approximate surface area is 202 Å². The molecule has 1 atom stereocenters. The highest BCUT2D eigenvalue weighted by Gasteiger charge is 2.24. The molecule has 1 aliphatic heterocycles. The molecule has 3 aromatic carbocycles. The molecule has 1 fully saturated rings. The maximum Gasteiger partial charge on any atom is 0.262 e. The van der Waals surface area contributed by atoms with Gasteiger partial charge in [-0.3, -0.25) is 9.59 Å². The third-order valence-electron chi connectivity index (χ3n) is 5.30. The molecule has 1 unspecified atom stereocenters. The van der Waals surface area contributed by atoms with E-state index in [0.717, 1.165) is 12.1 Å². The van der Waals surface area contributed by atoms with Crippen LogP contribution in [0.5, 0.6) is 5.75 Å². The molecule has 8 nitrogen and oxygen atoms in total. The van der Waals surface area contributed by atoms with Crippen LogP contribution in [0.1, 0.15) is 33.1 Å². The number of benzene rings is 3. The third kappa shape index (κ3) is 5.63. The van der Waals surface area contributed by atoms with Crippen molar-refractivity contribution in [2.24, 2.45) is 5.14 Å². The number of hydrogen-bond donors (Lipinski definition) is 3. The monoisotopic (exact) mass is 499 g/mol. The van der Waals surface area contributed by atoms with Gasteiger partial charge in [0.2, 0.25) is 10.0 Å². The van der Waals surface area contributed by atoms with Crippen LogP contribution < -0.4 is 20.5 Å². The predicted molar refractivity (Wildman–Crippen MR) is 129 cm³/mol. The minimum Gasteiger partial charge on any atom is -0.483 e. The summed E-state index contributed by atoms with van der Waals surface area (Å²) in [7, 11) is -3.84. The first kappa shape index (κ1) is 23.9. The molecular formula is C24H22ClN3O5S. The van der Waals surface area contributed by atoms with Crippen LogP contribution >= 0.6 is 11.6 Å². The minimum absolute atomic E-state index is 0.0508. The number of anilines is 1. The van der Waals surface area contributed by atoms with E-state index in [9.17, 15) is 18.0 Å². The van der Waals surface area contributed by atoms with Gasteiger partial charge in [-0.2, -0.15) is 0 Å². The van der Waals surface area contributed by atoms with E-state index in [-0.39, 0.29) is 34.6 Å². The summed E-state index contributed by atoms with van der Waals surface area (Å²) in [6.45, 7) is 2.15. The Morgan fingerprint density at radius 3 is 2.59 bits per heavy atom. The van der Waals surface area contributed by atoms with Gasteiger partial charge in [-0.25, -0.2) is 13.6 Å². The van der Waals surface area contributed by atoms with Crippen molar-refractivity contribution >= 4 is 39.0 Å². The summed E-state index contributed by atoms with van der Waals surface area (Å²) in [5, 5.41) is 11.4. The zero-order valence-electron chi connectivity index (χ0n) is 18.2. The van der Waals surface area contributed by atoms with Gasteiger partial charge in [0.25, 0.3) is 5.91 Å². The van der Waals surface area contributed by atoms with Crippen LogP contribution in [0.4, 0.5) is 5.69 Å². The summed E-state index contributed by atoms with van der Waals surface area (Å²) in [6.07, 6.45) is 0. The summed E-state index contributed by atoms with van der Waals surface area (Å²) >= 11 is 6.12. The van der Waals surface area contributed by atoms with Crippen LogP contribution in [0.25, 0.3) is 0 Å². The fourth-order valence-electron chi connectivity index (χ4n) is 3.44. The maximum atomic E-state index is 13.2. The van der Waals surface area contributed by atoms with Crippen LogP contribution in [-0.2, 0) is 14.8 Å². The van der Waals surface area contributed by atoms with Gasteiger partial charge in [-0.05, 0) is 60.5 Å². The number of hydrogen-bond acceptors (Lipinski definition) is 6. The summed E-state index contributed by atoms with van der Waals surface area (Å²) in [5.41, 5.74) is 2.70. The van der Waals surface area contributed by atoms with Crippen LogP contribution in [0.3, 0.4) is 0 Å². The smallest absolute Gasteiger partial charge is 0.262 e. The largest absolute Gasteiger partial charge is 0.483 e. The van der Waals surface area contributed by atoms with Gasteiger partial charge in [-0.1, -0.05) is 29.8 Å². The van der Waals surface area contributed by atoms with Crippen LogP contribution in [0, 0.1) is 6.92 Å². The van der Waals surface area contributed by atoms with Crippen LogP contribution in [-0.4, -0.2) is 33.3 Å². The topological polar surface area (TPSA) is 138 Å². The minimum atomic E-state index is -3.84. The molecule has 0 aromatic heterocycles. The molecule has 4 rings (SSSR count). The fraction of sp³-hybridized carbons (Fsp3) is 0.167. The summed E-state index contributed by atoms with van der Waals surface area (Å²) in [6, 6.07) is 16.3. The molecule has 1 saturated heterocycles. The summed E-state index contributed by atoms with van der Waals surface area (Å²) in [4.78, 5) is 25.6. The van der Waals surface area contributed by atoms with Crippen molar-refractivity contribution in [1.29, 1.82) is 0 Å². The second-order valence-corrected chi connectivity index (χ2v) is 9.91. The molecule has 3 aromatic rings. The number of carbonyl (C=O) groups excluding carboxylic acids is 2. The normalized spacial score (nSPS) is 15.0. The van der Waals surface area contributed by atoms with Crippen molar-refractivity contribution in [2.75, 3.05) is 18.5 Å². The highest BCUT2D eigenvalue weighted by Crippen LogP contribution is 2.28. The maximum absolute atomic E-state index is 13.2. The van der Waals surface area contributed by atoms with Gasteiger partial charge in [-0.15, -0.1) is 0 Å². The molecule has 1 heterocycles. The number of sulfonamides is 1. The van der Waals surface area contributed by atoms with E-state index >= 15 is 0 Å². The van der Waals surface area contributed by atoms with Gasteiger partial charge in [0.15, 0.2) is 12.4 Å². The van der Waals surface area contributed by atoms with Gasteiger partial charge in [0.05, 0.1) is 10.5 Å². The molecule has 0 saturated carbocycles. The average Bonchev–Trinajstić information content (AvgIpc) is 3.64. The standard InChI is InChI=1S/C24H22ClN3O5S/c1-14-9-18(34(26,31)32)6-7-20(14)28-23(29)13-33-22-8-5-17(25)11-19(22)24(30)16-4-2-3-15(10-16)21-12-27-21/h2-11,21,27H,12-13H2,1H3,(H,28,29)(H2,26,31,32). The number of ketones is 1. The van der Waals surface area contributed by atoms with E-state index in [1.165, 1.54) is 24.3 Å². The number of amides is 1. The number of primary sulfonamides is 1. The number of rotatable bonds is 8. The molecule has 1 aliphatic rings. The van der Waals surface area contributed by atoms with Gasteiger partial charge in [0, 0.05) is 28.9 Å². The lowest BCUT2D eigenvalue weighted by Gasteiger charge is -2.13. The number of halogens is 1. The number of nitrogens with one attached hydrogen (secondary N) is 2. The van der Waals surface area contributed by atoms with Gasteiger partial charge in [0.1, 0.15) is 5.75 Å². The van der Waals surface area contributed by atoms with Crippen molar-refractivity contribution < 1.29 is 22.7 Å². The number of nitrogens with two attached hydrogens (primary N) is 1. The van der Waals surface area contributed by atoms with E-state index in [1.54, 1.807) is 25.1 Å². The van der Waals surface area contributed by atoms with Crippen LogP contribution in [0.2, 0.25) is 5.02 Å². The molecular weight excluding hydrogens is 478 g/mol. The molecule has 176 valence electrons. The Hall–Kier alpha value is -3.24. The summed E-state index contributed by atoms with van der Waals surface area (Å²) < 4.78 is 28.6. The van der Waals surface area contributed by atoms with E-state index in [4.69, 9.17) is 21.5 Å². The van der Waals surface area contributed by atoms with E-state index in [0.29, 0.717) is 21.8 Å². The second kappa shape index (κ2) is 9.55. The van der Waals surface area contributed by atoms with Crippen LogP contribution in [0.15, 0.2) is 65.6 Å². The Morgan fingerprint density at radius 2 is 1.91 bits per heavy atom. The average molecular weight is 500 g/mol. The molecule has 0 spiro atoms. The number of aryl methyl sites for hydroxylation is 1. The SMILES string of the molecule is Cc1cc(S(N)(=O)=O)ccc1NC(=O)COc1ccc(Cl)cc1C(=O)c1cccc(C2CN2)c1. The highest BCUT2D eigenvalue weighted by atomic mass is 35.5. The molecule has 10 heteroatoms. The second-order valence-electron chi connectivity index (χ2n) is 7.91. The lowest BCUT2D eigenvalue weighted by molar-refractivity contribution is -0.118. The fourth-order valence-corrected chi connectivity index (χ4v) is 4.21. The molecule has 0 aliphatic carbocycles. The van der Waals surface area contributed by atoms with Crippen molar-refractivity contribution in [3.63, 3.8) is 0 Å². The molecule has 1 amide bonds. The number of carbonyl (C=O) groups is 2. The molecule has 34 heavy (non-hydrogen) atoms. The first-order valence-corrected chi connectivity index (χ1v) is 12.3. The Balaban J connectivity index is 1.48. The predicted octanol–water partition coefficient (Wildman–Crippen LogP) is 3.19. The van der Waals surface area contributed by atoms with Crippen molar-refractivity contribution in [2.45, 2.75) is 17.9 Å². The molecule has 4 N–H and O–H groups in total. The highest BCUT2D eigenvalue weighted by molar-refractivity contribution is 7.89. The van der Waals surface area contributed by atoms with E-state index in [1.807, 2.05) is 18.2 Å². The zero-order chi connectivity index (χ0) is 24.5. The Bertz CT molecular complexity index is 1390. The quantitative estimate of drug-likeness (QED) is 0.321. The Kier molecular flexibility index (Phi) is 6.72. The molecule has 0 bridgehead atoms. The van der Waals surface area contributed by atoms with E-state index in [2.05, 4.69) is 10.6 Å². The van der Waals surface area contributed by atoms with Gasteiger partial charge >= 0.3 is 0 Å². The number of ether oxygens (including phenoxy) is 1. The summed E-state index contributed by atoms with van der Waals surface area (Å²) in [5.74, 6) is -0.530. The first-order valence-electron chi connectivity index (χ1n) is 10.4. The van der Waals surface area contributed by atoms with Crippen molar-refractivity contribution in [1.82, 2.24) is 5.32 Å². The first-order chi connectivity index (χ1) is 16.1. The molecule has 0 radical (unpaired) electrons. The lowest BCUT2D eigenvalue weighted by Crippen LogP contribution is -2.21. The van der Waals surface area contributed by atoms with Crippen molar-refractivity contribution in [3.8, 4) is 5.75 Å². The van der Waals surface area contributed by atoms with Crippen molar-refractivity contribution in [3.05, 3.63) is 87.9 Å². The zero-order valence-corrected chi connectivity index (χ0v) is 19.7. The lowest BCUT2D eigenvalue weighted by atomic mass is 9.99.